The molecular weight excluding hydrogens is 302 g/mol. The highest BCUT2D eigenvalue weighted by Gasteiger charge is 2.21. The Morgan fingerprint density at radius 2 is 1.95 bits per heavy atom. The molecule has 1 fully saturated rings. The SMILES string of the molecule is CCc1nsc(N2CCN(c3cccc(C(=O)O)n3)CC2)n1. The molecule has 116 valence electrons. The van der Waals surface area contributed by atoms with E-state index < -0.39 is 5.97 Å². The van der Waals surface area contributed by atoms with E-state index in [1.54, 1.807) is 6.07 Å². The third-order valence-corrected chi connectivity index (χ3v) is 4.42. The summed E-state index contributed by atoms with van der Waals surface area (Å²) in [5, 5.41) is 9.98. The molecule has 0 bridgehead atoms. The van der Waals surface area contributed by atoms with E-state index in [2.05, 4.69) is 24.1 Å². The van der Waals surface area contributed by atoms with Crippen LogP contribution in [0.5, 0.6) is 0 Å². The first kappa shape index (κ1) is 14.7. The van der Waals surface area contributed by atoms with E-state index in [1.807, 2.05) is 13.0 Å². The summed E-state index contributed by atoms with van der Waals surface area (Å²) >= 11 is 1.44. The number of nitrogens with zero attached hydrogens (tertiary/aromatic N) is 5. The Morgan fingerprint density at radius 1 is 1.23 bits per heavy atom. The molecule has 2 aromatic rings. The summed E-state index contributed by atoms with van der Waals surface area (Å²) in [5.74, 6) is 0.603. The van der Waals surface area contributed by atoms with Gasteiger partial charge in [0.25, 0.3) is 0 Å². The van der Waals surface area contributed by atoms with Crippen LogP contribution in [0.15, 0.2) is 18.2 Å². The lowest BCUT2D eigenvalue weighted by Crippen LogP contribution is -2.46. The lowest BCUT2D eigenvalue weighted by Gasteiger charge is -2.35. The molecule has 1 aliphatic rings. The van der Waals surface area contributed by atoms with Crippen molar-refractivity contribution in [2.45, 2.75) is 13.3 Å². The summed E-state index contributed by atoms with van der Waals surface area (Å²) in [5.41, 5.74) is 0.0802. The average molecular weight is 319 g/mol. The molecule has 0 saturated carbocycles. The molecule has 7 nitrogen and oxygen atoms in total. The molecule has 0 amide bonds. The summed E-state index contributed by atoms with van der Waals surface area (Å²) in [6, 6.07) is 5.09. The van der Waals surface area contributed by atoms with Crippen molar-refractivity contribution in [1.29, 1.82) is 0 Å². The maximum atomic E-state index is 11.0. The number of pyridine rings is 1. The summed E-state index contributed by atoms with van der Waals surface area (Å²) in [6.45, 7) is 5.29. The van der Waals surface area contributed by atoms with E-state index >= 15 is 0 Å². The second-order valence-corrected chi connectivity index (χ2v) is 5.74. The van der Waals surface area contributed by atoms with Gasteiger partial charge in [0.1, 0.15) is 11.6 Å². The van der Waals surface area contributed by atoms with Crippen LogP contribution in [0.25, 0.3) is 0 Å². The maximum Gasteiger partial charge on any atom is 0.354 e. The van der Waals surface area contributed by atoms with Crippen LogP contribution in [-0.2, 0) is 6.42 Å². The molecule has 1 aliphatic heterocycles. The summed E-state index contributed by atoms with van der Waals surface area (Å²) in [4.78, 5) is 24.0. The van der Waals surface area contributed by atoms with Gasteiger partial charge in [-0.1, -0.05) is 13.0 Å². The van der Waals surface area contributed by atoms with Crippen molar-refractivity contribution < 1.29 is 9.90 Å². The number of carbonyl (C=O) groups is 1. The molecule has 3 rings (SSSR count). The van der Waals surface area contributed by atoms with Crippen LogP contribution in [-0.4, -0.2) is 51.6 Å². The van der Waals surface area contributed by atoms with E-state index in [9.17, 15) is 4.79 Å². The van der Waals surface area contributed by atoms with Gasteiger partial charge in [-0.15, -0.1) is 0 Å². The Bertz CT molecular complexity index is 667. The first-order chi connectivity index (χ1) is 10.7. The Morgan fingerprint density at radius 3 is 2.59 bits per heavy atom. The number of carboxylic acids is 1. The molecule has 2 aromatic heterocycles. The Labute approximate surface area is 132 Å². The van der Waals surface area contributed by atoms with Gasteiger partial charge < -0.3 is 14.9 Å². The van der Waals surface area contributed by atoms with Crippen molar-refractivity contribution in [3.63, 3.8) is 0 Å². The van der Waals surface area contributed by atoms with Gasteiger partial charge in [0.2, 0.25) is 5.13 Å². The topological polar surface area (TPSA) is 82.5 Å². The molecule has 0 radical (unpaired) electrons. The second-order valence-electron chi connectivity index (χ2n) is 5.01. The van der Waals surface area contributed by atoms with Gasteiger partial charge in [0.15, 0.2) is 5.69 Å². The number of anilines is 2. The Hall–Kier alpha value is -2.22. The van der Waals surface area contributed by atoms with E-state index in [0.717, 1.165) is 43.6 Å². The first-order valence-corrected chi connectivity index (χ1v) is 7.97. The quantitative estimate of drug-likeness (QED) is 0.915. The fourth-order valence-electron chi connectivity index (χ4n) is 2.36. The van der Waals surface area contributed by atoms with Gasteiger partial charge in [-0.05, 0) is 12.1 Å². The largest absolute Gasteiger partial charge is 0.477 e. The van der Waals surface area contributed by atoms with Crippen LogP contribution in [0.4, 0.5) is 10.9 Å². The number of hydrogen-bond acceptors (Lipinski definition) is 7. The molecular formula is C14H17N5O2S. The Kier molecular flexibility index (Phi) is 4.19. The number of aromatic carboxylic acids is 1. The van der Waals surface area contributed by atoms with Crippen LogP contribution in [0.3, 0.4) is 0 Å². The summed E-state index contributed by atoms with van der Waals surface area (Å²) in [7, 11) is 0. The monoisotopic (exact) mass is 319 g/mol. The van der Waals surface area contributed by atoms with Crippen LogP contribution in [0.2, 0.25) is 0 Å². The van der Waals surface area contributed by atoms with Crippen molar-refractivity contribution in [3.8, 4) is 0 Å². The van der Waals surface area contributed by atoms with Gasteiger partial charge in [0.05, 0.1) is 0 Å². The van der Waals surface area contributed by atoms with E-state index in [0.29, 0.717) is 5.82 Å². The van der Waals surface area contributed by atoms with Crippen LogP contribution < -0.4 is 9.80 Å². The fourth-order valence-corrected chi connectivity index (χ4v) is 3.16. The molecule has 22 heavy (non-hydrogen) atoms. The zero-order chi connectivity index (χ0) is 15.5. The summed E-state index contributed by atoms with van der Waals surface area (Å²) < 4.78 is 4.32. The van der Waals surface area contributed by atoms with Gasteiger partial charge in [0, 0.05) is 44.1 Å². The minimum absolute atomic E-state index is 0.0802. The fraction of sp³-hybridized carbons (Fsp3) is 0.429. The highest BCUT2D eigenvalue weighted by atomic mass is 32.1. The smallest absolute Gasteiger partial charge is 0.354 e. The second kappa shape index (κ2) is 6.27. The number of piperazine rings is 1. The minimum Gasteiger partial charge on any atom is -0.477 e. The van der Waals surface area contributed by atoms with Crippen LogP contribution >= 0.6 is 11.5 Å². The predicted molar refractivity (Wildman–Crippen MR) is 84.9 cm³/mol. The van der Waals surface area contributed by atoms with Gasteiger partial charge >= 0.3 is 5.97 Å². The normalized spacial score (nSPS) is 15.1. The van der Waals surface area contributed by atoms with Crippen molar-refractivity contribution in [2.75, 3.05) is 36.0 Å². The standard InChI is InChI=1S/C14H17N5O2S/c1-2-11-16-14(22-17-11)19-8-6-18(7-9-19)12-5-3-4-10(15-12)13(20)21/h3-5H,2,6-9H2,1H3,(H,20,21). The predicted octanol–water partition coefficient (Wildman–Crippen LogP) is 1.52. The molecule has 0 aliphatic carbocycles. The van der Waals surface area contributed by atoms with Gasteiger partial charge in [-0.25, -0.2) is 14.8 Å². The van der Waals surface area contributed by atoms with E-state index in [1.165, 1.54) is 17.6 Å². The highest BCUT2D eigenvalue weighted by Crippen LogP contribution is 2.21. The van der Waals surface area contributed by atoms with Crippen molar-refractivity contribution in [1.82, 2.24) is 14.3 Å². The molecule has 0 aromatic carbocycles. The number of rotatable bonds is 4. The number of hydrogen-bond donors (Lipinski definition) is 1. The lowest BCUT2D eigenvalue weighted by molar-refractivity contribution is 0.0690. The average Bonchev–Trinajstić information content (AvgIpc) is 3.04. The molecule has 0 atom stereocenters. The zero-order valence-corrected chi connectivity index (χ0v) is 13.1. The molecule has 1 saturated heterocycles. The third-order valence-electron chi connectivity index (χ3n) is 3.60. The first-order valence-electron chi connectivity index (χ1n) is 7.20. The van der Waals surface area contributed by atoms with Crippen molar-refractivity contribution in [3.05, 3.63) is 29.7 Å². The number of carboxylic acid groups (broad SMARTS) is 1. The highest BCUT2D eigenvalue weighted by molar-refractivity contribution is 7.09. The summed E-state index contributed by atoms with van der Waals surface area (Å²) in [6.07, 6.45) is 0.850. The van der Waals surface area contributed by atoms with Crippen molar-refractivity contribution >= 4 is 28.5 Å². The van der Waals surface area contributed by atoms with E-state index in [4.69, 9.17) is 5.11 Å². The Balaban J connectivity index is 1.66. The van der Waals surface area contributed by atoms with Gasteiger partial charge in [-0.3, -0.25) is 0 Å². The molecule has 0 spiro atoms. The molecule has 3 heterocycles. The van der Waals surface area contributed by atoms with Crippen molar-refractivity contribution in [2.24, 2.45) is 0 Å². The number of aryl methyl sites for hydroxylation is 1. The number of aromatic nitrogens is 3. The zero-order valence-electron chi connectivity index (χ0n) is 12.3. The van der Waals surface area contributed by atoms with Crippen LogP contribution in [0.1, 0.15) is 23.2 Å². The van der Waals surface area contributed by atoms with E-state index in [-0.39, 0.29) is 5.69 Å². The lowest BCUT2D eigenvalue weighted by atomic mass is 10.3. The molecule has 1 N–H and O–H groups in total. The van der Waals surface area contributed by atoms with Gasteiger partial charge in [-0.2, -0.15) is 4.37 Å². The molecule has 8 heteroatoms. The molecule has 0 unspecified atom stereocenters. The minimum atomic E-state index is -0.999. The maximum absolute atomic E-state index is 11.0. The third kappa shape index (κ3) is 3.01. The van der Waals surface area contributed by atoms with Crippen LogP contribution in [0, 0.1) is 0 Å².